The van der Waals surface area contributed by atoms with Gasteiger partial charge in [-0.05, 0) is 44.8 Å². The maximum absolute atomic E-state index is 12.0. The Labute approximate surface area is 170 Å². The number of ether oxygens (including phenoxy) is 3. The van der Waals surface area contributed by atoms with Crippen molar-refractivity contribution in [2.24, 2.45) is 5.92 Å². The number of allylic oxidation sites excluding steroid dienone is 1. The highest BCUT2D eigenvalue weighted by Gasteiger charge is 2.45. The summed E-state index contributed by atoms with van der Waals surface area (Å²) in [5.41, 5.74) is 2.39. The van der Waals surface area contributed by atoms with Crippen LogP contribution in [0.15, 0.2) is 35.5 Å². The van der Waals surface area contributed by atoms with Crippen molar-refractivity contribution in [1.29, 1.82) is 0 Å². The van der Waals surface area contributed by atoms with Crippen molar-refractivity contribution >= 4 is 5.97 Å². The van der Waals surface area contributed by atoms with Crippen LogP contribution in [0.1, 0.15) is 33.1 Å². The third-order valence-electron chi connectivity index (χ3n) is 5.96. The zero-order valence-corrected chi connectivity index (χ0v) is 16.7. The average molecular weight is 410 g/mol. The van der Waals surface area contributed by atoms with Crippen LogP contribution in [-0.4, -0.2) is 75.9 Å². The predicted octanol–water partition coefficient (Wildman–Crippen LogP) is 0.346. The first-order chi connectivity index (χ1) is 13.7. The first kappa shape index (κ1) is 22.1. The van der Waals surface area contributed by atoms with E-state index in [2.05, 4.69) is 6.58 Å². The number of aliphatic hydroxyl groups excluding tert-OH is 4. The predicted molar refractivity (Wildman–Crippen MR) is 103 cm³/mol. The van der Waals surface area contributed by atoms with Crippen LogP contribution in [0.2, 0.25) is 0 Å². The van der Waals surface area contributed by atoms with E-state index in [4.69, 9.17) is 14.2 Å². The number of carbonyl (C=O) groups excluding carboxylic acids is 1. The topological polar surface area (TPSA) is 126 Å². The molecule has 3 rings (SSSR count). The van der Waals surface area contributed by atoms with E-state index in [1.807, 2.05) is 26.0 Å². The van der Waals surface area contributed by atoms with Crippen LogP contribution in [0.25, 0.3) is 0 Å². The fourth-order valence-corrected chi connectivity index (χ4v) is 3.97. The van der Waals surface area contributed by atoms with E-state index in [1.54, 1.807) is 0 Å². The molecule has 0 spiro atoms. The number of fused-ring (bicyclic) bond motifs is 1. The number of hydrogen-bond donors (Lipinski definition) is 4. The van der Waals surface area contributed by atoms with Gasteiger partial charge < -0.3 is 34.6 Å². The minimum atomic E-state index is -1.50. The molecule has 0 bridgehead atoms. The highest BCUT2D eigenvalue weighted by molar-refractivity contribution is 5.91. The lowest BCUT2D eigenvalue weighted by molar-refractivity contribution is -0.308. The molecule has 3 aliphatic rings. The Kier molecular flexibility index (Phi) is 6.93. The molecule has 2 aliphatic heterocycles. The second-order valence-corrected chi connectivity index (χ2v) is 8.06. The molecule has 0 unspecified atom stereocenters. The fourth-order valence-electron chi connectivity index (χ4n) is 3.97. The van der Waals surface area contributed by atoms with Gasteiger partial charge in [-0.3, -0.25) is 0 Å². The van der Waals surface area contributed by atoms with Crippen LogP contribution in [0.3, 0.4) is 0 Å². The van der Waals surface area contributed by atoms with Crippen LogP contribution in [0.5, 0.6) is 0 Å². The summed E-state index contributed by atoms with van der Waals surface area (Å²) >= 11 is 0. The molecule has 8 atom stereocenters. The van der Waals surface area contributed by atoms with Gasteiger partial charge in [-0.1, -0.05) is 18.2 Å². The van der Waals surface area contributed by atoms with Gasteiger partial charge in [0.15, 0.2) is 6.29 Å². The lowest BCUT2D eigenvalue weighted by Gasteiger charge is -2.41. The van der Waals surface area contributed by atoms with Crippen LogP contribution in [-0.2, 0) is 19.0 Å². The SMILES string of the molecule is C=C1C(=O)O[C@@H]2/C=C(/C)[C@@H](O[C@@H]3O[C@H](CO)[C@@H](O)[C@H](O)[C@H]3O)C/C=C(/C)CC[C@H]12. The Hall–Kier alpha value is -1.55. The molecule has 0 aromatic rings. The van der Waals surface area contributed by atoms with E-state index >= 15 is 0 Å². The van der Waals surface area contributed by atoms with Crippen molar-refractivity contribution in [3.63, 3.8) is 0 Å². The summed E-state index contributed by atoms with van der Waals surface area (Å²) in [5.74, 6) is -0.497. The van der Waals surface area contributed by atoms with Crippen molar-refractivity contribution in [2.45, 2.75) is 76.0 Å². The maximum Gasteiger partial charge on any atom is 0.334 e. The van der Waals surface area contributed by atoms with Gasteiger partial charge in [-0.15, -0.1) is 0 Å². The first-order valence-electron chi connectivity index (χ1n) is 9.92. The maximum atomic E-state index is 12.0. The van der Waals surface area contributed by atoms with E-state index in [-0.39, 0.29) is 5.92 Å². The largest absolute Gasteiger partial charge is 0.454 e. The van der Waals surface area contributed by atoms with Gasteiger partial charge in [-0.2, -0.15) is 0 Å². The van der Waals surface area contributed by atoms with Crippen molar-refractivity contribution in [3.05, 3.63) is 35.5 Å². The van der Waals surface area contributed by atoms with E-state index < -0.39 is 55.5 Å². The van der Waals surface area contributed by atoms with E-state index in [9.17, 15) is 25.2 Å². The zero-order chi connectivity index (χ0) is 21.3. The summed E-state index contributed by atoms with van der Waals surface area (Å²) in [7, 11) is 0. The number of esters is 1. The molecule has 2 heterocycles. The number of carbonyl (C=O) groups is 1. The summed E-state index contributed by atoms with van der Waals surface area (Å²) in [6.45, 7) is 7.19. The summed E-state index contributed by atoms with van der Waals surface area (Å²) in [6.07, 6.45) is -1.71. The molecule has 0 saturated carbocycles. The molecule has 8 heteroatoms. The van der Waals surface area contributed by atoms with E-state index in [0.29, 0.717) is 12.0 Å². The molecule has 0 aromatic carbocycles. The molecule has 8 nitrogen and oxygen atoms in total. The average Bonchev–Trinajstić information content (AvgIpc) is 2.95. The molecule has 1 aliphatic carbocycles. The highest BCUT2D eigenvalue weighted by Crippen LogP contribution is 2.35. The molecule has 162 valence electrons. The van der Waals surface area contributed by atoms with Crippen molar-refractivity contribution in [1.82, 2.24) is 0 Å². The Bertz CT molecular complexity index is 697. The number of aliphatic hydroxyl groups is 4. The molecule has 2 fully saturated rings. The standard InChI is InChI=1S/C21H30O8/c1-10-4-6-13-12(3)20(26)27-15(13)8-11(2)14(7-5-10)28-21-19(25)18(24)17(23)16(9-22)29-21/h5,8,13-19,21-25H,3-4,6-7,9H2,1-2H3/b10-5-,11-8-/t13-,14+,15-,16-,17-,18+,19-,21-/m1/s1. The Morgan fingerprint density at radius 1 is 1.21 bits per heavy atom. The normalized spacial score (nSPS) is 44.9. The van der Waals surface area contributed by atoms with Gasteiger partial charge in [0.1, 0.15) is 30.5 Å². The third-order valence-corrected chi connectivity index (χ3v) is 5.96. The molecule has 0 amide bonds. The number of hydrogen-bond acceptors (Lipinski definition) is 8. The molecule has 2 saturated heterocycles. The fraction of sp³-hybridized carbons (Fsp3) is 0.667. The van der Waals surface area contributed by atoms with Gasteiger partial charge in [-0.25, -0.2) is 4.79 Å². The Balaban J connectivity index is 1.83. The summed E-state index contributed by atoms with van der Waals surface area (Å²) in [6, 6.07) is 0. The lowest BCUT2D eigenvalue weighted by atomic mass is 9.87. The third kappa shape index (κ3) is 4.63. The molecular formula is C21H30O8. The summed E-state index contributed by atoms with van der Waals surface area (Å²) < 4.78 is 16.9. The summed E-state index contributed by atoms with van der Waals surface area (Å²) in [4.78, 5) is 12.0. The molecular weight excluding hydrogens is 380 g/mol. The smallest absolute Gasteiger partial charge is 0.334 e. The quantitative estimate of drug-likeness (QED) is 0.298. The van der Waals surface area contributed by atoms with Gasteiger partial charge in [0.05, 0.1) is 12.7 Å². The Morgan fingerprint density at radius 3 is 2.62 bits per heavy atom. The number of rotatable bonds is 3. The van der Waals surface area contributed by atoms with Crippen molar-refractivity contribution in [3.8, 4) is 0 Å². The minimum Gasteiger partial charge on any atom is -0.454 e. The second kappa shape index (κ2) is 9.07. The molecule has 4 N–H and O–H groups in total. The summed E-state index contributed by atoms with van der Waals surface area (Å²) in [5, 5.41) is 39.6. The van der Waals surface area contributed by atoms with Gasteiger partial charge in [0, 0.05) is 11.5 Å². The molecule has 0 radical (unpaired) electrons. The Morgan fingerprint density at radius 2 is 1.93 bits per heavy atom. The van der Waals surface area contributed by atoms with Crippen LogP contribution in [0, 0.1) is 5.92 Å². The van der Waals surface area contributed by atoms with Gasteiger partial charge >= 0.3 is 5.97 Å². The lowest BCUT2D eigenvalue weighted by Crippen LogP contribution is -2.59. The van der Waals surface area contributed by atoms with Gasteiger partial charge in [0.2, 0.25) is 0 Å². The zero-order valence-electron chi connectivity index (χ0n) is 16.7. The minimum absolute atomic E-state index is 0.105. The van der Waals surface area contributed by atoms with E-state index in [0.717, 1.165) is 24.0 Å². The van der Waals surface area contributed by atoms with Crippen LogP contribution >= 0.6 is 0 Å². The van der Waals surface area contributed by atoms with Gasteiger partial charge in [0.25, 0.3) is 0 Å². The van der Waals surface area contributed by atoms with Crippen LogP contribution < -0.4 is 0 Å². The molecule has 29 heavy (non-hydrogen) atoms. The van der Waals surface area contributed by atoms with Crippen molar-refractivity contribution < 1.29 is 39.4 Å². The molecule has 0 aromatic heterocycles. The first-order valence-corrected chi connectivity index (χ1v) is 9.92. The monoisotopic (exact) mass is 410 g/mol. The van der Waals surface area contributed by atoms with E-state index in [1.165, 1.54) is 0 Å². The van der Waals surface area contributed by atoms with Crippen LogP contribution in [0.4, 0.5) is 0 Å². The second-order valence-electron chi connectivity index (χ2n) is 8.06. The highest BCUT2D eigenvalue weighted by atomic mass is 16.7. The van der Waals surface area contributed by atoms with Crippen molar-refractivity contribution in [2.75, 3.05) is 6.61 Å².